The number of carbonyl (C=O) groups is 2. The maximum atomic E-state index is 12.5. The van der Waals surface area contributed by atoms with E-state index in [0.29, 0.717) is 18.9 Å². The summed E-state index contributed by atoms with van der Waals surface area (Å²) in [6, 6.07) is 3.55. The molecule has 4 nitrogen and oxygen atoms in total. The Morgan fingerprint density at radius 1 is 1.40 bits per heavy atom. The summed E-state index contributed by atoms with van der Waals surface area (Å²) >= 11 is 1.71. The highest BCUT2D eigenvalue weighted by Gasteiger charge is 2.47. The van der Waals surface area contributed by atoms with E-state index in [4.69, 9.17) is 0 Å². The van der Waals surface area contributed by atoms with Crippen LogP contribution in [-0.2, 0) is 16.0 Å². The molecule has 1 N–H and O–H groups in total. The van der Waals surface area contributed by atoms with E-state index >= 15 is 0 Å². The van der Waals surface area contributed by atoms with Crippen molar-refractivity contribution in [1.29, 1.82) is 0 Å². The quantitative estimate of drug-likeness (QED) is 0.900. The van der Waals surface area contributed by atoms with Gasteiger partial charge in [0, 0.05) is 11.4 Å². The number of thiophene rings is 1. The third-order valence-corrected chi connectivity index (χ3v) is 5.09. The topological polar surface area (TPSA) is 49.4 Å². The maximum Gasteiger partial charge on any atom is 0.245 e. The van der Waals surface area contributed by atoms with Crippen LogP contribution in [-0.4, -0.2) is 35.3 Å². The molecule has 2 unspecified atom stereocenters. The van der Waals surface area contributed by atoms with E-state index in [-0.39, 0.29) is 23.9 Å². The molecule has 2 amide bonds. The van der Waals surface area contributed by atoms with E-state index < -0.39 is 0 Å². The molecule has 0 aromatic carbocycles. The molecule has 1 aromatic heterocycles. The van der Waals surface area contributed by atoms with Crippen LogP contribution in [0.15, 0.2) is 17.5 Å². The van der Waals surface area contributed by atoms with E-state index in [1.54, 1.807) is 11.3 Å². The largest absolute Gasteiger partial charge is 0.343 e. The van der Waals surface area contributed by atoms with Gasteiger partial charge >= 0.3 is 0 Å². The van der Waals surface area contributed by atoms with Crippen molar-refractivity contribution in [2.45, 2.75) is 44.7 Å². The lowest BCUT2D eigenvalue weighted by Crippen LogP contribution is -2.64. The molecule has 1 aliphatic carbocycles. The zero-order valence-corrected chi connectivity index (χ0v) is 12.5. The summed E-state index contributed by atoms with van der Waals surface area (Å²) in [6.45, 7) is 2.60. The Kier molecular flexibility index (Phi) is 3.78. The van der Waals surface area contributed by atoms with Crippen LogP contribution in [0.1, 0.15) is 31.1 Å². The minimum atomic E-state index is -0.333. The van der Waals surface area contributed by atoms with Crippen molar-refractivity contribution >= 4 is 23.2 Å². The van der Waals surface area contributed by atoms with Crippen molar-refractivity contribution in [1.82, 2.24) is 10.2 Å². The van der Waals surface area contributed by atoms with Gasteiger partial charge in [-0.05, 0) is 43.0 Å². The van der Waals surface area contributed by atoms with Crippen molar-refractivity contribution in [3.8, 4) is 0 Å². The molecule has 3 rings (SSSR count). The van der Waals surface area contributed by atoms with Crippen LogP contribution < -0.4 is 5.32 Å². The Morgan fingerprint density at radius 3 is 2.80 bits per heavy atom. The SMILES string of the molecule is CCC1NC(=O)C(C2CC2)N(CCc2cccs2)C1=O. The second-order valence-electron chi connectivity index (χ2n) is 5.61. The first-order valence-corrected chi connectivity index (χ1v) is 8.22. The summed E-state index contributed by atoms with van der Waals surface area (Å²) in [5.74, 6) is 0.519. The lowest BCUT2D eigenvalue weighted by atomic mass is 10.0. The fourth-order valence-corrected chi connectivity index (χ4v) is 3.59. The predicted molar refractivity (Wildman–Crippen MR) is 78.5 cm³/mol. The number of nitrogens with zero attached hydrogens (tertiary/aromatic N) is 1. The first kappa shape index (κ1) is 13.6. The van der Waals surface area contributed by atoms with Crippen molar-refractivity contribution in [2.75, 3.05) is 6.54 Å². The first-order valence-electron chi connectivity index (χ1n) is 7.34. The average molecular weight is 292 g/mol. The highest BCUT2D eigenvalue weighted by molar-refractivity contribution is 7.09. The molecule has 2 fully saturated rings. The molecule has 2 aliphatic rings. The maximum absolute atomic E-state index is 12.5. The molecule has 20 heavy (non-hydrogen) atoms. The smallest absolute Gasteiger partial charge is 0.245 e. The number of rotatable bonds is 5. The van der Waals surface area contributed by atoms with Crippen LogP contribution >= 0.6 is 11.3 Å². The van der Waals surface area contributed by atoms with Gasteiger partial charge in [-0.15, -0.1) is 11.3 Å². The molecule has 2 atom stereocenters. The molecule has 108 valence electrons. The standard InChI is InChI=1S/C15H20N2O2S/c1-2-12-15(19)17(8-7-11-4-3-9-20-11)13(10-5-6-10)14(18)16-12/h3-4,9-10,12-13H,2,5-8H2,1H3,(H,16,18). The molecular formula is C15H20N2O2S. The first-order chi connectivity index (χ1) is 9.70. The normalized spacial score (nSPS) is 26.8. The lowest BCUT2D eigenvalue weighted by Gasteiger charge is -2.39. The number of carbonyl (C=O) groups excluding carboxylic acids is 2. The summed E-state index contributed by atoms with van der Waals surface area (Å²) in [6.07, 6.45) is 3.64. The van der Waals surface area contributed by atoms with Crippen molar-refractivity contribution in [3.05, 3.63) is 22.4 Å². The summed E-state index contributed by atoms with van der Waals surface area (Å²) in [5, 5.41) is 4.93. The Morgan fingerprint density at radius 2 is 2.20 bits per heavy atom. The number of nitrogens with one attached hydrogen (secondary N) is 1. The number of hydrogen-bond donors (Lipinski definition) is 1. The predicted octanol–water partition coefficient (Wildman–Crippen LogP) is 1.81. The lowest BCUT2D eigenvalue weighted by molar-refractivity contribution is -0.150. The van der Waals surface area contributed by atoms with E-state index in [1.807, 2.05) is 23.3 Å². The van der Waals surface area contributed by atoms with Gasteiger partial charge in [0.15, 0.2) is 0 Å². The summed E-state index contributed by atoms with van der Waals surface area (Å²) in [7, 11) is 0. The minimum absolute atomic E-state index is 0.0464. The molecule has 0 spiro atoms. The fourth-order valence-electron chi connectivity index (χ4n) is 2.89. The monoisotopic (exact) mass is 292 g/mol. The summed E-state index contributed by atoms with van der Waals surface area (Å²) in [5.41, 5.74) is 0. The Labute approximate surface area is 123 Å². The van der Waals surface area contributed by atoms with Crippen molar-refractivity contribution < 1.29 is 9.59 Å². The molecular weight excluding hydrogens is 272 g/mol. The van der Waals surface area contributed by atoms with Crippen LogP contribution in [0.25, 0.3) is 0 Å². The van der Waals surface area contributed by atoms with Crippen molar-refractivity contribution in [2.24, 2.45) is 5.92 Å². The third kappa shape index (κ3) is 2.59. The molecule has 1 saturated carbocycles. The molecule has 0 bridgehead atoms. The second kappa shape index (κ2) is 5.56. The van der Waals surface area contributed by atoms with E-state index in [0.717, 1.165) is 19.3 Å². The van der Waals surface area contributed by atoms with Gasteiger partial charge in [0.25, 0.3) is 0 Å². The van der Waals surface area contributed by atoms with Gasteiger partial charge in [-0.1, -0.05) is 13.0 Å². The van der Waals surface area contributed by atoms with E-state index in [9.17, 15) is 9.59 Å². The number of amides is 2. The van der Waals surface area contributed by atoms with Gasteiger partial charge in [-0.3, -0.25) is 9.59 Å². The Hall–Kier alpha value is -1.36. The van der Waals surface area contributed by atoms with Gasteiger partial charge in [-0.25, -0.2) is 0 Å². The highest BCUT2D eigenvalue weighted by atomic mass is 32.1. The average Bonchev–Trinajstić information content (AvgIpc) is 3.14. The van der Waals surface area contributed by atoms with Gasteiger partial charge in [0.05, 0.1) is 0 Å². The minimum Gasteiger partial charge on any atom is -0.343 e. The van der Waals surface area contributed by atoms with Crippen LogP contribution in [0.4, 0.5) is 0 Å². The Balaban J connectivity index is 1.74. The van der Waals surface area contributed by atoms with E-state index in [2.05, 4.69) is 11.4 Å². The molecule has 1 aliphatic heterocycles. The second-order valence-corrected chi connectivity index (χ2v) is 6.64. The van der Waals surface area contributed by atoms with Crippen LogP contribution in [0.3, 0.4) is 0 Å². The molecule has 2 heterocycles. The van der Waals surface area contributed by atoms with Gasteiger partial charge in [0.2, 0.25) is 11.8 Å². The summed E-state index contributed by atoms with van der Waals surface area (Å²) in [4.78, 5) is 27.9. The highest BCUT2D eigenvalue weighted by Crippen LogP contribution is 2.37. The third-order valence-electron chi connectivity index (χ3n) is 4.16. The fraction of sp³-hybridized carbons (Fsp3) is 0.600. The van der Waals surface area contributed by atoms with Gasteiger partial charge in [0.1, 0.15) is 12.1 Å². The Bertz CT molecular complexity index is 496. The van der Waals surface area contributed by atoms with Crippen molar-refractivity contribution in [3.63, 3.8) is 0 Å². The molecule has 1 aromatic rings. The zero-order chi connectivity index (χ0) is 14.1. The zero-order valence-electron chi connectivity index (χ0n) is 11.7. The number of piperazine rings is 1. The molecule has 1 saturated heterocycles. The molecule has 0 radical (unpaired) electrons. The van der Waals surface area contributed by atoms with Gasteiger partial charge in [-0.2, -0.15) is 0 Å². The van der Waals surface area contributed by atoms with Crippen LogP contribution in [0, 0.1) is 5.92 Å². The van der Waals surface area contributed by atoms with Crippen LogP contribution in [0.2, 0.25) is 0 Å². The van der Waals surface area contributed by atoms with Gasteiger partial charge < -0.3 is 10.2 Å². The number of hydrogen-bond acceptors (Lipinski definition) is 3. The summed E-state index contributed by atoms with van der Waals surface area (Å²) < 4.78 is 0. The van der Waals surface area contributed by atoms with Crippen LogP contribution in [0.5, 0.6) is 0 Å². The van der Waals surface area contributed by atoms with E-state index in [1.165, 1.54) is 4.88 Å². The molecule has 5 heteroatoms.